The van der Waals surface area contributed by atoms with E-state index in [2.05, 4.69) is 23.2 Å². The maximum Gasteiger partial charge on any atom is 0.410 e. The molecule has 192 valence electrons. The molecule has 0 bridgehead atoms. The van der Waals surface area contributed by atoms with Crippen LogP contribution in [0.4, 0.5) is 16.2 Å². The number of ether oxygens (including phenoxy) is 2. The van der Waals surface area contributed by atoms with Crippen LogP contribution in [0, 0.1) is 11.3 Å². The fraction of sp³-hybridized carbons (Fsp3) is 0.464. The zero-order valence-electron chi connectivity index (χ0n) is 21.8. The maximum absolute atomic E-state index is 12.8. The minimum Gasteiger partial charge on any atom is -0.494 e. The van der Waals surface area contributed by atoms with Gasteiger partial charge >= 0.3 is 6.09 Å². The van der Waals surface area contributed by atoms with Gasteiger partial charge in [0.05, 0.1) is 23.9 Å². The minimum absolute atomic E-state index is 0.0127. The molecule has 1 atom stereocenters. The summed E-state index contributed by atoms with van der Waals surface area (Å²) in [6.45, 7) is 9.69. The molecule has 3 rings (SSSR count). The Labute approximate surface area is 213 Å². The molecule has 1 unspecified atom stereocenters. The third kappa shape index (κ3) is 7.14. The Morgan fingerprint density at radius 3 is 2.56 bits per heavy atom. The van der Waals surface area contributed by atoms with Crippen molar-refractivity contribution in [3.8, 4) is 11.8 Å². The highest BCUT2D eigenvalue weighted by molar-refractivity contribution is 6.05. The average Bonchev–Trinajstić information content (AvgIpc) is 3.33. The lowest BCUT2D eigenvalue weighted by atomic mass is 10.1. The summed E-state index contributed by atoms with van der Waals surface area (Å²) in [4.78, 5) is 29.0. The third-order valence-corrected chi connectivity index (χ3v) is 6.01. The van der Waals surface area contributed by atoms with E-state index >= 15 is 0 Å². The summed E-state index contributed by atoms with van der Waals surface area (Å²) in [5.41, 5.74) is 1.65. The Morgan fingerprint density at radius 2 is 1.92 bits per heavy atom. The van der Waals surface area contributed by atoms with Crippen molar-refractivity contribution in [2.75, 3.05) is 37.0 Å². The summed E-state index contributed by atoms with van der Waals surface area (Å²) in [5.74, 6) is 0.433. The van der Waals surface area contributed by atoms with Gasteiger partial charge in [0.2, 0.25) is 0 Å². The van der Waals surface area contributed by atoms with E-state index in [0.29, 0.717) is 30.0 Å². The van der Waals surface area contributed by atoms with Gasteiger partial charge in [0.15, 0.2) is 0 Å². The number of hydrogen-bond acceptors (Lipinski definition) is 6. The molecule has 1 heterocycles. The topological polar surface area (TPSA) is 94.9 Å². The van der Waals surface area contributed by atoms with Gasteiger partial charge in [0.25, 0.3) is 5.91 Å². The van der Waals surface area contributed by atoms with Crippen molar-refractivity contribution >= 4 is 23.4 Å². The van der Waals surface area contributed by atoms with Crippen LogP contribution in [0.5, 0.6) is 5.75 Å². The smallest absolute Gasteiger partial charge is 0.410 e. The number of carbonyl (C=O) groups excluding carboxylic acids is 2. The van der Waals surface area contributed by atoms with Crippen molar-refractivity contribution in [2.45, 2.75) is 58.6 Å². The molecule has 36 heavy (non-hydrogen) atoms. The van der Waals surface area contributed by atoms with Crippen LogP contribution in [0.2, 0.25) is 0 Å². The van der Waals surface area contributed by atoms with Crippen LogP contribution >= 0.6 is 0 Å². The normalized spacial score (nSPS) is 15.2. The van der Waals surface area contributed by atoms with Gasteiger partial charge in [0.1, 0.15) is 17.4 Å². The number of nitrogens with one attached hydrogen (secondary N) is 1. The van der Waals surface area contributed by atoms with E-state index in [9.17, 15) is 14.9 Å². The molecular formula is C28H36N4O4. The predicted molar refractivity (Wildman–Crippen MR) is 141 cm³/mol. The summed E-state index contributed by atoms with van der Waals surface area (Å²) < 4.78 is 11.1. The van der Waals surface area contributed by atoms with Crippen molar-refractivity contribution in [1.29, 1.82) is 5.26 Å². The minimum atomic E-state index is -0.546. The lowest BCUT2D eigenvalue weighted by Crippen LogP contribution is -2.42. The Kier molecular flexibility index (Phi) is 8.81. The van der Waals surface area contributed by atoms with Crippen molar-refractivity contribution < 1.29 is 19.1 Å². The van der Waals surface area contributed by atoms with Gasteiger partial charge in [-0.15, -0.1) is 0 Å². The van der Waals surface area contributed by atoms with E-state index in [-0.39, 0.29) is 18.0 Å². The zero-order chi connectivity index (χ0) is 26.3. The van der Waals surface area contributed by atoms with Crippen molar-refractivity contribution in [2.24, 2.45) is 0 Å². The highest BCUT2D eigenvalue weighted by Gasteiger charge is 2.31. The molecule has 1 N–H and O–H groups in total. The molecule has 2 aromatic rings. The highest BCUT2D eigenvalue weighted by Crippen LogP contribution is 2.28. The summed E-state index contributed by atoms with van der Waals surface area (Å²) in [6, 6.07) is 14.6. The molecule has 8 nitrogen and oxygen atoms in total. The second kappa shape index (κ2) is 11.8. The Balaban J connectivity index is 1.63. The number of hydrogen-bond donors (Lipinski definition) is 1. The number of rotatable bonds is 8. The first kappa shape index (κ1) is 26.9. The average molecular weight is 493 g/mol. The molecule has 1 aliphatic rings. The Bertz CT molecular complexity index is 1100. The van der Waals surface area contributed by atoms with Crippen LogP contribution in [-0.4, -0.2) is 55.3 Å². The molecule has 0 radical (unpaired) electrons. The molecule has 1 aliphatic heterocycles. The molecule has 0 aromatic heterocycles. The van der Waals surface area contributed by atoms with Crippen LogP contribution in [0.25, 0.3) is 0 Å². The van der Waals surface area contributed by atoms with E-state index in [4.69, 9.17) is 9.47 Å². The molecule has 2 aromatic carbocycles. The first-order valence-corrected chi connectivity index (χ1v) is 12.4. The molecule has 8 heteroatoms. The van der Waals surface area contributed by atoms with Crippen LogP contribution in [-0.2, 0) is 4.74 Å². The number of unbranched alkanes of at least 4 members (excludes halogenated alkanes) is 1. The highest BCUT2D eigenvalue weighted by atomic mass is 16.6. The monoisotopic (exact) mass is 492 g/mol. The number of benzene rings is 2. The lowest BCUT2D eigenvalue weighted by Gasteiger charge is -2.29. The molecule has 2 amide bonds. The van der Waals surface area contributed by atoms with Crippen LogP contribution < -0.4 is 15.0 Å². The van der Waals surface area contributed by atoms with E-state index in [1.807, 2.05) is 26.8 Å². The van der Waals surface area contributed by atoms with E-state index in [1.54, 1.807) is 48.3 Å². The van der Waals surface area contributed by atoms with Gasteiger partial charge in [-0.25, -0.2) is 4.79 Å². The molecule has 0 saturated carbocycles. The van der Waals surface area contributed by atoms with Gasteiger partial charge in [-0.2, -0.15) is 5.26 Å². The van der Waals surface area contributed by atoms with Crippen LogP contribution in [0.15, 0.2) is 42.5 Å². The quantitative estimate of drug-likeness (QED) is 0.494. The third-order valence-electron chi connectivity index (χ3n) is 6.01. The van der Waals surface area contributed by atoms with Gasteiger partial charge in [-0.3, -0.25) is 4.79 Å². The molecule has 0 spiro atoms. The predicted octanol–water partition coefficient (Wildman–Crippen LogP) is 5.44. The second-order valence-corrected chi connectivity index (χ2v) is 10.0. The molecule has 0 aliphatic carbocycles. The molecule has 1 saturated heterocycles. The fourth-order valence-corrected chi connectivity index (χ4v) is 3.94. The second-order valence-electron chi connectivity index (χ2n) is 10.0. The zero-order valence-corrected chi connectivity index (χ0v) is 21.8. The molecular weight excluding hydrogens is 456 g/mol. The summed E-state index contributed by atoms with van der Waals surface area (Å²) in [7, 11) is 1.76. The first-order valence-electron chi connectivity index (χ1n) is 12.4. The molecule has 1 fully saturated rings. The van der Waals surface area contributed by atoms with E-state index in [1.165, 1.54) is 0 Å². The van der Waals surface area contributed by atoms with Gasteiger partial charge < -0.3 is 24.6 Å². The van der Waals surface area contributed by atoms with Crippen LogP contribution in [0.1, 0.15) is 62.9 Å². The standard InChI is InChI=1S/C28H36N4O4/c1-6-7-16-35-24-11-8-20(9-12-24)26(33)30-25-13-10-22(17-21(25)18-29)32-15-14-23(19-32)31(5)27(34)36-28(2,3)4/h8-13,17,23H,6-7,14-16,19H2,1-5H3,(H,30,33). The van der Waals surface area contributed by atoms with Gasteiger partial charge in [0, 0.05) is 31.4 Å². The van der Waals surface area contributed by atoms with Gasteiger partial charge in [-0.1, -0.05) is 13.3 Å². The lowest BCUT2D eigenvalue weighted by molar-refractivity contribution is 0.0237. The number of nitrogens with zero attached hydrogens (tertiary/aromatic N) is 3. The van der Waals surface area contributed by atoms with Gasteiger partial charge in [-0.05, 0) is 76.1 Å². The Hall–Kier alpha value is -3.73. The van der Waals surface area contributed by atoms with E-state index in [0.717, 1.165) is 37.2 Å². The fourth-order valence-electron chi connectivity index (χ4n) is 3.94. The first-order chi connectivity index (χ1) is 17.1. The summed E-state index contributed by atoms with van der Waals surface area (Å²) in [5, 5.41) is 12.6. The van der Waals surface area contributed by atoms with Crippen molar-refractivity contribution in [3.05, 3.63) is 53.6 Å². The summed E-state index contributed by atoms with van der Waals surface area (Å²) >= 11 is 0. The maximum atomic E-state index is 12.8. The number of nitriles is 1. The summed E-state index contributed by atoms with van der Waals surface area (Å²) in [6.07, 6.45) is 2.50. The number of amides is 2. The van der Waals surface area contributed by atoms with Crippen molar-refractivity contribution in [3.63, 3.8) is 0 Å². The SMILES string of the molecule is CCCCOc1ccc(C(=O)Nc2ccc(N3CCC(N(C)C(=O)OC(C)(C)C)C3)cc2C#N)cc1. The van der Waals surface area contributed by atoms with Crippen LogP contribution in [0.3, 0.4) is 0 Å². The number of anilines is 2. The number of carbonyl (C=O) groups is 2. The van der Waals surface area contributed by atoms with E-state index < -0.39 is 5.60 Å². The van der Waals surface area contributed by atoms with Crippen molar-refractivity contribution in [1.82, 2.24) is 4.90 Å². The Morgan fingerprint density at radius 1 is 1.19 bits per heavy atom. The number of likely N-dealkylation sites (N-methyl/N-ethyl adjacent to an activating group) is 1. The largest absolute Gasteiger partial charge is 0.494 e.